The van der Waals surface area contributed by atoms with Gasteiger partial charge < -0.3 is 9.15 Å². The van der Waals surface area contributed by atoms with Gasteiger partial charge in [0.25, 0.3) is 5.90 Å². The van der Waals surface area contributed by atoms with E-state index in [9.17, 15) is 0 Å². The Hall–Kier alpha value is -1.25. The summed E-state index contributed by atoms with van der Waals surface area (Å²) >= 11 is 0. The van der Waals surface area contributed by atoms with Crippen molar-refractivity contribution >= 4 is 5.90 Å². The zero-order chi connectivity index (χ0) is 11.1. The fourth-order valence-corrected chi connectivity index (χ4v) is 1.64. The van der Waals surface area contributed by atoms with E-state index in [0.717, 1.165) is 23.5 Å². The van der Waals surface area contributed by atoms with Crippen molar-refractivity contribution < 1.29 is 9.15 Å². The van der Waals surface area contributed by atoms with Crippen LogP contribution in [0, 0.1) is 6.92 Å². The van der Waals surface area contributed by atoms with Gasteiger partial charge in [-0.25, -0.2) is 4.99 Å². The molecule has 0 aliphatic carbocycles. The molecule has 15 heavy (non-hydrogen) atoms. The van der Waals surface area contributed by atoms with Gasteiger partial charge in [0.15, 0.2) is 5.76 Å². The summed E-state index contributed by atoms with van der Waals surface area (Å²) in [6.07, 6.45) is 0.900. The molecule has 3 heteroatoms. The first-order valence-electron chi connectivity index (χ1n) is 5.34. The molecule has 0 bridgehead atoms. The lowest BCUT2D eigenvalue weighted by atomic mass is 10.1. The molecule has 0 saturated heterocycles. The number of hydrogen-bond acceptors (Lipinski definition) is 3. The van der Waals surface area contributed by atoms with Gasteiger partial charge in [0, 0.05) is 12.0 Å². The van der Waals surface area contributed by atoms with Gasteiger partial charge in [0.1, 0.15) is 12.4 Å². The fourth-order valence-electron chi connectivity index (χ4n) is 1.64. The highest BCUT2D eigenvalue weighted by Gasteiger charge is 2.29. The average Bonchev–Trinajstić information content (AvgIpc) is 2.69. The Kier molecular flexibility index (Phi) is 2.33. The minimum absolute atomic E-state index is 0.124. The third kappa shape index (κ3) is 1.91. The lowest BCUT2D eigenvalue weighted by Crippen LogP contribution is -2.17. The van der Waals surface area contributed by atoms with E-state index < -0.39 is 0 Å². The summed E-state index contributed by atoms with van der Waals surface area (Å²) < 4.78 is 11.2. The summed E-state index contributed by atoms with van der Waals surface area (Å²) in [6, 6.07) is 2.05. The van der Waals surface area contributed by atoms with E-state index in [4.69, 9.17) is 9.15 Å². The largest absolute Gasteiger partial charge is 0.473 e. The maximum Gasteiger partial charge on any atom is 0.254 e. The number of hydrogen-bond donors (Lipinski definition) is 0. The molecule has 0 amide bonds. The van der Waals surface area contributed by atoms with Crippen LogP contribution in [0.5, 0.6) is 0 Å². The van der Waals surface area contributed by atoms with Gasteiger partial charge >= 0.3 is 0 Å². The van der Waals surface area contributed by atoms with E-state index in [0.29, 0.717) is 12.5 Å². The fraction of sp³-hybridized carbons (Fsp3) is 0.583. The van der Waals surface area contributed by atoms with Crippen molar-refractivity contribution in [3.8, 4) is 0 Å². The van der Waals surface area contributed by atoms with Gasteiger partial charge in [-0.15, -0.1) is 0 Å². The van der Waals surface area contributed by atoms with Gasteiger partial charge in [0.2, 0.25) is 0 Å². The summed E-state index contributed by atoms with van der Waals surface area (Å²) in [7, 11) is 0. The van der Waals surface area contributed by atoms with E-state index in [1.165, 1.54) is 0 Å². The molecule has 0 fully saturated rings. The molecule has 0 unspecified atom stereocenters. The minimum atomic E-state index is -0.124. The van der Waals surface area contributed by atoms with E-state index in [2.05, 4.69) is 25.8 Å². The zero-order valence-corrected chi connectivity index (χ0v) is 9.76. The Balaban J connectivity index is 2.34. The molecule has 0 radical (unpaired) electrons. The van der Waals surface area contributed by atoms with E-state index in [-0.39, 0.29) is 5.54 Å². The number of aryl methyl sites for hydroxylation is 2. The summed E-state index contributed by atoms with van der Waals surface area (Å²) in [5.41, 5.74) is 0.976. The van der Waals surface area contributed by atoms with Crippen LogP contribution in [-0.4, -0.2) is 18.0 Å². The summed E-state index contributed by atoms with van der Waals surface area (Å²) in [5.74, 6) is 2.42. The molecule has 0 atom stereocenters. The van der Waals surface area contributed by atoms with Crippen molar-refractivity contribution in [3.63, 3.8) is 0 Å². The van der Waals surface area contributed by atoms with Crippen molar-refractivity contribution in [1.82, 2.24) is 0 Å². The topological polar surface area (TPSA) is 34.7 Å². The first-order valence-corrected chi connectivity index (χ1v) is 5.34. The third-order valence-corrected chi connectivity index (χ3v) is 2.48. The second kappa shape index (κ2) is 3.40. The molecular weight excluding hydrogens is 190 g/mol. The molecule has 1 aliphatic heterocycles. The maximum atomic E-state index is 5.69. The number of nitrogens with zero attached hydrogens (tertiary/aromatic N) is 1. The monoisotopic (exact) mass is 207 g/mol. The summed E-state index contributed by atoms with van der Waals surface area (Å²) in [6.45, 7) is 8.83. The smallest absolute Gasteiger partial charge is 0.254 e. The van der Waals surface area contributed by atoms with Crippen molar-refractivity contribution in [2.45, 2.75) is 39.7 Å². The van der Waals surface area contributed by atoms with Crippen LogP contribution in [0.1, 0.15) is 37.9 Å². The average molecular weight is 207 g/mol. The lowest BCUT2D eigenvalue weighted by molar-refractivity contribution is 0.274. The molecule has 0 spiro atoms. The van der Waals surface area contributed by atoms with Crippen LogP contribution in [0.4, 0.5) is 0 Å². The molecule has 1 aromatic heterocycles. The molecule has 1 aromatic rings. The molecule has 0 N–H and O–H groups in total. The van der Waals surface area contributed by atoms with Crippen LogP contribution in [0.2, 0.25) is 0 Å². The molecule has 2 heterocycles. The zero-order valence-electron chi connectivity index (χ0n) is 9.76. The second-order valence-corrected chi connectivity index (χ2v) is 4.60. The second-order valence-electron chi connectivity index (χ2n) is 4.60. The molecule has 3 nitrogen and oxygen atoms in total. The number of aliphatic imine (C=N–C) groups is 1. The molecule has 0 saturated carbocycles. The van der Waals surface area contributed by atoms with Crippen molar-refractivity contribution in [1.29, 1.82) is 0 Å². The van der Waals surface area contributed by atoms with Crippen LogP contribution < -0.4 is 0 Å². The Labute approximate surface area is 90.1 Å². The normalized spacial score (nSPS) is 18.8. The first-order chi connectivity index (χ1) is 7.02. The molecule has 82 valence electrons. The van der Waals surface area contributed by atoms with Gasteiger partial charge in [-0.2, -0.15) is 0 Å². The molecule has 1 aliphatic rings. The minimum Gasteiger partial charge on any atom is -0.473 e. The molecular formula is C12H17NO2. The highest BCUT2D eigenvalue weighted by molar-refractivity contribution is 5.94. The summed E-state index contributed by atoms with van der Waals surface area (Å²) in [5, 5.41) is 0. The SMILES string of the molecule is CCc1cc(C)c(C2=NC(C)(C)CO2)o1. The van der Waals surface area contributed by atoms with Crippen molar-refractivity contribution in [2.24, 2.45) is 4.99 Å². The van der Waals surface area contributed by atoms with Gasteiger partial charge in [-0.1, -0.05) is 6.92 Å². The number of furan rings is 1. The third-order valence-electron chi connectivity index (χ3n) is 2.48. The number of rotatable bonds is 2. The highest BCUT2D eigenvalue weighted by Crippen LogP contribution is 2.24. The van der Waals surface area contributed by atoms with Gasteiger partial charge in [-0.3, -0.25) is 0 Å². The van der Waals surface area contributed by atoms with Gasteiger partial charge in [-0.05, 0) is 26.8 Å². The Morgan fingerprint density at radius 3 is 2.67 bits per heavy atom. The van der Waals surface area contributed by atoms with E-state index >= 15 is 0 Å². The van der Waals surface area contributed by atoms with Crippen LogP contribution in [0.25, 0.3) is 0 Å². The highest BCUT2D eigenvalue weighted by atomic mass is 16.5. The Bertz CT molecular complexity index is 402. The van der Waals surface area contributed by atoms with Crippen LogP contribution in [-0.2, 0) is 11.2 Å². The molecule has 0 aromatic carbocycles. The predicted octanol–water partition coefficient (Wildman–Crippen LogP) is 2.71. The van der Waals surface area contributed by atoms with Gasteiger partial charge in [0.05, 0.1) is 5.54 Å². The maximum absolute atomic E-state index is 5.69. The van der Waals surface area contributed by atoms with E-state index in [1.807, 2.05) is 13.0 Å². The lowest BCUT2D eigenvalue weighted by Gasteiger charge is -2.07. The number of ether oxygens (including phenoxy) is 1. The Morgan fingerprint density at radius 2 is 2.20 bits per heavy atom. The predicted molar refractivity (Wildman–Crippen MR) is 59.4 cm³/mol. The van der Waals surface area contributed by atoms with Crippen LogP contribution in [0.3, 0.4) is 0 Å². The molecule has 2 rings (SSSR count). The van der Waals surface area contributed by atoms with Crippen LogP contribution >= 0.6 is 0 Å². The van der Waals surface area contributed by atoms with Crippen molar-refractivity contribution in [2.75, 3.05) is 6.61 Å². The quantitative estimate of drug-likeness (QED) is 0.747. The van der Waals surface area contributed by atoms with Crippen molar-refractivity contribution in [3.05, 3.63) is 23.2 Å². The summed E-state index contributed by atoms with van der Waals surface area (Å²) in [4.78, 5) is 4.50. The Morgan fingerprint density at radius 1 is 1.47 bits per heavy atom. The standard InChI is InChI=1S/C12H17NO2/c1-5-9-6-8(2)10(15-9)11-13-12(3,4)7-14-11/h6H,5,7H2,1-4H3. The van der Waals surface area contributed by atoms with Crippen LogP contribution in [0.15, 0.2) is 15.5 Å². The van der Waals surface area contributed by atoms with E-state index in [1.54, 1.807) is 0 Å². The first kappa shape index (κ1) is 10.3.